The summed E-state index contributed by atoms with van der Waals surface area (Å²) in [7, 11) is -3.57. The maximum absolute atomic E-state index is 12.0. The van der Waals surface area contributed by atoms with E-state index in [0.717, 1.165) is 12.2 Å². The Labute approximate surface area is 135 Å². The molecule has 0 saturated heterocycles. The van der Waals surface area contributed by atoms with E-state index in [0.29, 0.717) is 6.54 Å². The number of carbonyl (C=O) groups is 1. The molecule has 2 aromatic rings. The van der Waals surface area contributed by atoms with E-state index in [4.69, 9.17) is 0 Å². The average molecular weight is 336 g/mol. The van der Waals surface area contributed by atoms with Crippen molar-refractivity contribution in [2.24, 2.45) is 0 Å². The fourth-order valence-electron chi connectivity index (χ4n) is 1.93. The van der Waals surface area contributed by atoms with Gasteiger partial charge in [0.2, 0.25) is 15.9 Å². The quantitative estimate of drug-likeness (QED) is 0.749. The molecule has 0 aliphatic carbocycles. The molecule has 2 rings (SSSR count). The van der Waals surface area contributed by atoms with Gasteiger partial charge in [0.1, 0.15) is 0 Å². The van der Waals surface area contributed by atoms with Gasteiger partial charge in [-0.05, 0) is 25.1 Å². The van der Waals surface area contributed by atoms with Crippen LogP contribution < -0.4 is 10.0 Å². The SMILES string of the molecule is CCn1ccc(CNC(=O)CCNS(=O)(=O)c2ccccc2)n1. The average Bonchev–Trinajstić information content (AvgIpc) is 3.02. The number of nitrogens with one attached hydrogen (secondary N) is 2. The zero-order valence-electron chi connectivity index (χ0n) is 12.9. The Morgan fingerprint density at radius 2 is 1.96 bits per heavy atom. The third-order valence-electron chi connectivity index (χ3n) is 3.18. The third kappa shape index (κ3) is 5.19. The van der Waals surface area contributed by atoms with Gasteiger partial charge in [-0.1, -0.05) is 18.2 Å². The van der Waals surface area contributed by atoms with E-state index in [-0.39, 0.29) is 23.8 Å². The number of nitrogens with zero attached hydrogens (tertiary/aromatic N) is 2. The molecule has 1 aromatic carbocycles. The number of rotatable bonds is 8. The van der Waals surface area contributed by atoms with Gasteiger partial charge in [0.05, 0.1) is 17.1 Å². The predicted molar refractivity (Wildman–Crippen MR) is 86.0 cm³/mol. The first-order valence-electron chi connectivity index (χ1n) is 7.35. The van der Waals surface area contributed by atoms with Gasteiger partial charge in [-0.15, -0.1) is 0 Å². The monoisotopic (exact) mass is 336 g/mol. The molecule has 0 aliphatic rings. The van der Waals surface area contributed by atoms with Crippen molar-refractivity contribution in [1.29, 1.82) is 0 Å². The number of aromatic nitrogens is 2. The van der Waals surface area contributed by atoms with E-state index >= 15 is 0 Å². The molecule has 0 fully saturated rings. The van der Waals surface area contributed by atoms with Crippen LogP contribution in [-0.2, 0) is 27.9 Å². The summed E-state index contributed by atoms with van der Waals surface area (Å²) in [4.78, 5) is 11.9. The number of hydrogen-bond donors (Lipinski definition) is 2. The number of benzene rings is 1. The highest BCUT2D eigenvalue weighted by Crippen LogP contribution is 2.06. The normalized spacial score (nSPS) is 11.3. The van der Waals surface area contributed by atoms with Crippen LogP contribution in [0.4, 0.5) is 0 Å². The van der Waals surface area contributed by atoms with Crippen LogP contribution in [0, 0.1) is 0 Å². The molecule has 0 saturated carbocycles. The molecule has 0 radical (unpaired) electrons. The molecule has 1 amide bonds. The topological polar surface area (TPSA) is 93.1 Å². The van der Waals surface area contributed by atoms with E-state index in [2.05, 4.69) is 15.1 Å². The largest absolute Gasteiger partial charge is 0.350 e. The van der Waals surface area contributed by atoms with Crippen LogP contribution >= 0.6 is 0 Å². The summed E-state index contributed by atoms with van der Waals surface area (Å²) in [5.41, 5.74) is 0.769. The summed E-state index contributed by atoms with van der Waals surface area (Å²) in [6, 6.07) is 9.89. The second-order valence-electron chi connectivity index (χ2n) is 4.90. The first kappa shape index (κ1) is 17.2. The fraction of sp³-hybridized carbons (Fsp3) is 0.333. The Morgan fingerprint density at radius 3 is 2.61 bits per heavy atom. The minimum atomic E-state index is -3.57. The molecule has 23 heavy (non-hydrogen) atoms. The molecule has 0 atom stereocenters. The highest BCUT2D eigenvalue weighted by molar-refractivity contribution is 7.89. The van der Waals surface area contributed by atoms with Crippen molar-refractivity contribution >= 4 is 15.9 Å². The minimum absolute atomic E-state index is 0.0481. The summed E-state index contributed by atoms with van der Waals surface area (Å²) in [6.07, 6.45) is 1.91. The molecule has 1 aromatic heterocycles. The lowest BCUT2D eigenvalue weighted by atomic mass is 10.4. The Hall–Kier alpha value is -2.19. The lowest BCUT2D eigenvalue weighted by Crippen LogP contribution is -2.30. The summed E-state index contributed by atoms with van der Waals surface area (Å²) in [5, 5.41) is 6.96. The van der Waals surface area contributed by atoms with Gasteiger partial charge in [0.15, 0.2) is 0 Å². The standard InChI is InChI=1S/C15H20N4O3S/c1-2-19-11-9-13(18-19)12-16-15(20)8-10-17-23(21,22)14-6-4-3-5-7-14/h3-7,9,11,17H,2,8,10,12H2,1H3,(H,16,20). The molecular weight excluding hydrogens is 316 g/mol. The smallest absolute Gasteiger partial charge is 0.240 e. The zero-order valence-corrected chi connectivity index (χ0v) is 13.7. The predicted octanol–water partition coefficient (Wildman–Crippen LogP) is 0.888. The second kappa shape index (κ2) is 7.89. The van der Waals surface area contributed by atoms with Crippen LogP contribution in [0.5, 0.6) is 0 Å². The first-order chi connectivity index (χ1) is 11.0. The van der Waals surface area contributed by atoms with Crippen LogP contribution in [0.25, 0.3) is 0 Å². The Morgan fingerprint density at radius 1 is 1.22 bits per heavy atom. The van der Waals surface area contributed by atoms with Crippen LogP contribution in [0.2, 0.25) is 0 Å². The molecule has 7 nitrogen and oxygen atoms in total. The van der Waals surface area contributed by atoms with Gasteiger partial charge in [-0.2, -0.15) is 5.10 Å². The highest BCUT2D eigenvalue weighted by Gasteiger charge is 2.13. The Bertz CT molecular complexity index is 741. The highest BCUT2D eigenvalue weighted by atomic mass is 32.2. The van der Waals surface area contributed by atoms with Gasteiger partial charge < -0.3 is 5.32 Å². The van der Waals surface area contributed by atoms with Crippen molar-refractivity contribution < 1.29 is 13.2 Å². The van der Waals surface area contributed by atoms with Gasteiger partial charge >= 0.3 is 0 Å². The molecule has 0 bridgehead atoms. The van der Waals surface area contributed by atoms with Crippen LogP contribution in [0.1, 0.15) is 19.0 Å². The molecule has 124 valence electrons. The molecule has 0 aliphatic heterocycles. The van der Waals surface area contributed by atoms with Crippen molar-refractivity contribution in [3.05, 3.63) is 48.3 Å². The summed E-state index contributed by atoms with van der Waals surface area (Å²) >= 11 is 0. The Balaban J connectivity index is 1.74. The molecular formula is C15H20N4O3S. The maximum atomic E-state index is 12.0. The fourth-order valence-corrected chi connectivity index (χ4v) is 2.99. The van der Waals surface area contributed by atoms with E-state index in [1.807, 2.05) is 19.2 Å². The molecule has 2 N–H and O–H groups in total. The number of aryl methyl sites for hydroxylation is 1. The van der Waals surface area contributed by atoms with Gasteiger partial charge in [-0.3, -0.25) is 9.48 Å². The van der Waals surface area contributed by atoms with Crippen LogP contribution in [0.15, 0.2) is 47.5 Å². The molecule has 8 heteroatoms. The van der Waals surface area contributed by atoms with Gasteiger partial charge in [-0.25, -0.2) is 13.1 Å². The van der Waals surface area contributed by atoms with Gasteiger partial charge in [0, 0.05) is 25.7 Å². The van der Waals surface area contributed by atoms with E-state index < -0.39 is 10.0 Å². The van der Waals surface area contributed by atoms with Gasteiger partial charge in [0.25, 0.3) is 0 Å². The molecule has 0 unspecified atom stereocenters. The summed E-state index contributed by atoms with van der Waals surface area (Å²) in [6.45, 7) is 3.13. The first-order valence-corrected chi connectivity index (χ1v) is 8.83. The number of hydrogen-bond acceptors (Lipinski definition) is 4. The zero-order chi connectivity index (χ0) is 16.7. The third-order valence-corrected chi connectivity index (χ3v) is 4.66. The van der Waals surface area contributed by atoms with Crippen LogP contribution in [0.3, 0.4) is 0 Å². The Kier molecular flexibility index (Phi) is 5.89. The molecule has 1 heterocycles. The number of amides is 1. The number of sulfonamides is 1. The van der Waals surface area contributed by atoms with E-state index in [9.17, 15) is 13.2 Å². The van der Waals surface area contributed by atoms with Crippen molar-refractivity contribution in [2.75, 3.05) is 6.54 Å². The van der Waals surface area contributed by atoms with E-state index in [1.165, 1.54) is 12.1 Å². The summed E-state index contributed by atoms with van der Waals surface area (Å²) in [5.74, 6) is -0.230. The second-order valence-corrected chi connectivity index (χ2v) is 6.67. The lowest BCUT2D eigenvalue weighted by Gasteiger charge is -2.07. The van der Waals surface area contributed by atoms with Crippen LogP contribution in [-0.4, -0.2) is 30.7 Å². The van der Waals surface area contributed by atoms with Crippen molar-refractivity contribution in [2.45, 2.75) is 31.3 Å². The van der Waals surface area contributed by atoms with Crippen molar-refractivity contribution in [3.63, 3.8) is 0 Å². The minimum Gasteiger partial charge on any atom is -0.350 e. The lowest BCUT2D eigenvalue weighted by molar-refractivity contribution is -0.121. The van der Waals surface area contributed by atoms with Crippen molar-refractivity contribution in [3.8, 4) is 0 Å². The summed E-state index contributed by atoms with van der Waals surface area (Å²) < 4.78 is 28.1. The number of carbonyl (C=O) groups excluding carboxylic acids is 1. The maximum Gasteiger partial charge on any atom is 0.240 e. The molecule has 0 spiro atoms. The van der Waals surface area contributed by atoms with Crippen molar-refractivity contribution in [1.82, 2.24) is 19.8 Å². The van der Waals surface area contributed by atoms with E-state index in [1.54, 1.807) is 22.9 Å².